The lowest BCUT2D eigenvalue weighted by atomic mass is 9.66. The number of amides is 2. The third-order valence-corrected chi connectivity index (χ3v) is 4.36. The van der Waals surface area contributed by atoms with Gasteiger partial charge in [0.1, 0.15) is 0 Å². The molecule has 2 amide bonds. The molecule has 0 N–H and O–H groups in total. The number of benzene rings is 1. The number of likely N-dealkylation sites (tertiary alicyclic amines) is 1. The predicted molar refractivity (Wildman–Crippen MR) is 76.9 cm³/mol. The lowest BCUT2D eigenvalue weighted by molar-refractivity contribution is -0.139. The molecule has 0 spiro atoms. The Balaban J connectivity index is 2.14. The van der Waals surface area contributed by atoms with Gasteiger partial charge in [-0.1, -0.05) is 48.6 Å². The van der Waals surface area contributed by atoms with Crippen LogP contribution in [0.25, 0.3) is 0 Å². The molecule has 3 rings (SSSR count). The quantitative estimate of drug-likeness (QED) is 0.623. The average Bonchev–Trinajstić information content (AvgIpc) is 2.72. The first kappa shape index (κ1) is 12.9. The zero-order chi connectivity index (χ0) is 14.2. The highest BCUT2D eigenvalue weighted by molar-refractivity contribution is 6.11. The van der Waals surface area contributed by atoms with Crippen LogP contribution in [0.4, 0.5) is 0 Å². The van der Waals surface area contributed by atoms with Crippen LogP contribution in [0.1, 0.15) is 18.4 Å². The minimum absolute atomic E-state index is 0.0666. The maximum atomic E-state index is 12.9. The van der Waals surface area contributed by atoms with Crippen LogP contribution >= 0.6 is 0 Å². The Labute approximate surface area is 118 Å². The Morgan fingerprint density at radius 3 is 2.70 bits per heavy atom. The number of fused-ring (bicyclic) bond motifs is 1. The Morgan fingerprint density at radius 2 is 2.00 bits per heavy atom. The van der Waals surface area contributed by atoms with Gasteiger partial charge in [-0.05, 0) is 18.4 Å². The van der Waals surface area contributed by atoms with E-state index in [0.717, 1.165) is 5.56 Å². The smallest absolute Gasteiger partial charge is 0.241 e. The first-order chi connectivity index (χ1) is 9.71. The maximum Gasteiger partial charge on any atom is 0.241 e. The number of carbonyl (C=O) groups excluding carboxylic acids is 2. The van der Waals surface area contributed by atoms with Crippen LogP contribution < -0.4 is 0 Å². The lowest BCUT2D eigenvalue weighted by Crippen LogP contribution is -2.41. The van der Waals surface area contributed by atoms with Crippen molar-refractivity contribution < 1.29 is 9.59 Å². The molecule has 20 heavy (non-hydrogen) atoms. The van der Waals surface area contributed by atoms with E-state index in [1.165, 1.54) is 4.90 Å². The van der Waals surface area contributed by atoms with E-state index in [2.05, 4.69) is 6.58 Å². The fraction of sp³-hybridized carbons (Fsp3) is 0.294. The van der Waals surface area contributed by atoms with E-state index in [1.807, 2.05) is 42.5 Å². The molecule has 0 radical (unpaired) electrons. The summed E-state index contributed by atoms with van der Waals surface area (Å²) >= 11 is 0. The lowest BCUT2D eigenvalue weighted by Gasteiger charge is -2.33. The normalized spacial score (nSPS) is 28.6. The second-order valence-electron chi connectivity index (χ2n) is 5.34. The van der Waals surface area contributed by atoms with Crippen LogP contribution in [0.15, 0.2) is 55.1 Å². The second-order valence-corrected chi connectivity index (χ2v) is 5.34. The van der Waals surface area contributed by atoms with Crippen molar-refractivity contribution in [2.45, 2.75) is 18.3 Å². The monoisotopic (exact) mass is 267 g/mol. The average molecular weight is 267 g/mol. The van der Waals surface area contributed by atoms with Crippen molar-refractivity contribution in [3.8, 4) is 0 Å². The van der Waals surface area contributed by atoms with Gasteiger partial charge < -0.3 is 0 Å². The summed E-state index contributed by atoms with van der Waals surface area (Å²) in [6.07, 6.45) is 6.87. The van der Waals surface area contributed by atoms with Crippen molar-refractivity contribution in [1.29, 1.82) is 0 Å². The van der Waals surface area contributed by atoms with Crippen LogP contribution in [0.2, 0.25) is 0 Å². The molecule has 3 nitrogen and oxygen atoms in total. The molecule has 1 aliphatic carbocycles. The third kappa shape index (κ3) is 1.59. The molecule has 2 atom stereocenters. The summed E-state index contributed by atoms with van der Waals surface area (Å²) in [5, 5.41) is 0. The summed E-state index contributed by atoms with van der Waals surface area (Å²) in [6, 6.07) is 9.68. The molecular weight excluding hydrogens is 250 g/mol. The van der Waals surface area contributed by atoms with Crippen molar-refractivity contribution in [2.24, 2.45) is 5.92 Å². The molecule has 1 saturated heterocycles. The van der Waals surface area contributed by atoms with Gasteiger partial charge in [0.05, 0.1) is 11.3 Å². The van der Waals surface area contributed by atoms with E-state index in [-0.39, 0.29) is 17.7 Å². The summed E-state index contributed by atoms with van der Waals surface area (Å²) in [7, 11) is 0. The fourth-order valence-electron chi connectivity index (χ4n) is 3.40. The van der Waals surface area contributed by atoms with Crippen LogP contribution in [0, 0.1) is 5.92 Å². The molecule has 1 fully saturated rings. The van der Waals surface area contributed by atoms with E-state index >= 15 is 0 Å². The first-order valence-electron chi connectivity index (χ1n) is 6.89. The number of hydrogen-bond donors (Lipinski definition) is 0. The van der Waals surface area contributed by atoms with Crippen LogP contribution in [-0.2, 0) is 15.0 Å². The van der Waals surface area contributed by atoms with Gasteiger partial charge in [0.25, 0.3) is 0 Å². The zero-order valence-electron chi connectivity index (χ0n) is 11.3. The van der Waals surface area contributed by atoms with E-state index in [1.54, 1.807) is 6.08 Å². The van der Waals surface area contributed by atoms with Gasteiger partial charge in [-0.15, -0.1) is 6.58 Å². The summed E-state index contributed by atoms with van der Waals surface area (Å²) in [4.78, 5) is 26.8. The summed E-state index contributed by atoms with van der Waals surface area (Å²) < 4.78 is 0. The van der Waals surface area contributed by atoms with E-state index in [9.17, 15) is 9.59 Å². The molecule has 1 heterocycles. The topological polar surface area (TPSA) is 37.4 Å². The number of allylic oxidation sites excluding steroid dienone is 2. The van der Waals surface area contributed by atoms with Gasteiger partial charge in [-0.3, -0.25) is 14.5 Å². The molecule has 0 aromatic heterocycles. The second kappa shape index (κ2) is 4.75. The third-order valence-electron chi connectivity index (χ3n) is 4.36. The highest BCUT2D eigenvalue weighted by atomic mass is 16.2. The van der Waals surface area contributed by atoms with Gasteiger partial charge >= 0.3 is 0 Å². The summed E-state index contributed by atoms with van der Waals surface area (Å²) in [5.74, 6) is -0.423. The molecule has 102 valence electrons. The van der Waals surface area contributed by atoms with Gasteiger partial charge in [-0.2, -0.15) is 0 Å². The highest BCUT2D eigenvalue weighted by Crippen LogP contribution is 2.48. The zero-order valence-corrected chi connectivity index (χ0v) is 11.3. The molecule has 3 heteroatoms. The Kier molecular flexibility index (Phi) is 3.05. The van der Waals surface area contributed by atoms with E-state index in [0.29, 0.717) is 19.4 Å². The first-order valence-corrected chi connectivity index (χ1v) is 6.89. The number of nitrogens with zero attached hydrogens (tertiary/aromatic N) is 1. The van der Waals surface area contributed by atoms with Gasteiger partial charge in [0, 0.05) is 6.54 Å². The highest BCUT2D eigenvalue weighted by Gasteiger charge is 2.59. The van der Waals surface area contributed by atoms with Crippen molar-refractivity contribution in [3.63, 3.8) is 0 Å². The minimum atomic E-state index is -0.712. The molecule has 0 bridgehead atoms. The Morgan fingerprint density at radius 1 is 1.25 bits per heavy atom. The largest absolute Gasteiger partial charge is 0.278 e. The van der Waals surface area contributed by atoms with Crippen molar-refractivity contribution in [3.05, 3.63) is 60.7 Å². The van der Waals surface area contributed by atoms with Gasteiger partial charge in [0.15, 0.2) is 0 Å². The molecule has 2 aliphatic rings. The standard InChI is InChI=1S/C17H17NO2/c1-2-12-18-15(19)14-10-6-7-11-17(14,16(18)20)13-8-4-3-5-9-13/h2-9,14H,1,10-12H2. The Bertz CT molecular complexity index is 590. The van der Waals surface area contributed by atoms with Crippen molar-refractivity contribution >= 4 is 11.8 Å². The molecule has 1 aliphatic heterocycles. The van der Waals surface area contributed by atoms with Gasteiger partial charge in [-0.25, -0.2) is 0 Å². The van der Waals surface area contributed by atoms with Crippen LogP contribution in [0.5, 0.6) is 0 Å². The molecule has 2 unspecified atom stereocenters. The predicted octanol–water partition coefficient (Wildman–Crippen LogP) is 2.45. The molecule has 0 saturated carbocycles. The van der Waals surface area contributed by atoms with E-state index < -0.39 is 5.41 Å². The fourth-order valence-corrected chi connectivity index (χ4v) is 3.40. The number of carbonyl (C=O) groups is 2. The maximum absolute atomic E-state index is 12.9. The summed E-state index contributed by atoms with van der Waals surface area (Å²) in [6.45, 7) is 3.94. The minimum Gasteiger partial charge on any atom is -0.278 e. The molecule has 1 aromatic rings. The van der Waals surface area contributed by atoms with Crippen LogP contribution in [0.3, 0.4) is 0 Å². The van der Waals surface area contributed by atoms with Crippen LogP contribution in [-0.4, -0.2) is 23.3 Å². The number of hydrogen-bond acceptors (Lipinski definition) is 2. The summed E-state index contributed by atoms with van der Waals surface area (Å²) in [5.41, 5.74) is 0.232. The number of rotatable bonds is 3. The van der Waals surface area contributed by atoms with Crippen molar-refractivity contribution in [2.75, 3.05) is 6.54 Å². The van der Waals surface area contributed by atoms with Gasteiger partial charge in [0.2, 0.25) is 11.8 Å². The molecule has 1 aromatic carbocycles. The number of imide groups is 1. The molecular formula is C17H17NO2. The van der Waals surface area contributed by atoms with Crippen molar-refractivity contribution in [1.82, 2.24) is 4.90 Å². The SMILES string of the molecule is C=CCN1C(=O)C2CC=CCC2(c2ccccc2)C1=O. The van der Waals surface area contributed by atoms with E-state index in [4.69, 9.17) is 0 Å². The Hall–Kier alpha value is -2.16.